The SMILES string of the molecule is C=COOCN1CCOCCOCCOCCOc2cc(C)ccc21. The molecular weight excluding hydrogens is 326 g/mol. The van der Waals surface area contributed by atoms with E-state index in [0.29, 0.717) is 52.8 Å². The van der Waals surface area contributed by atoms with Gasteiger partial charge in [0.25, 0.3) is 0 Å². The van der Waals surface area contributed by atoms with Crippen LogP contribution in [0.4, 0.5) is 5.69 Å². The van der Waals surface area contributed by atoms with Gasteiger partial charge in [-0.1, -0.05) is 12.6 Å². The van der Waals surface area contributed by atoms with E-state index in [2.05, 4.69) is 6.58 Å². The van der Waals surface area contributed by atoms with Crippen LogP contribution in [0.2, 0.25) is 0 Å². The minimum absolute atomic E-state index is 0.224. The van der Waals surface area contributed by atoms with Crippen molar-refractivity contribution in [3.05, 3.63) is 36.6 Å². The average Bonchev–Trinajstić information content (AvgIpc) is 2.62. The van der Waals surface area contributed by atoms with Crippen LogP contribution < -0.4 is 9.64 Å². The molecule has 0 radical (unpaired) electrons. The van der Waals surface area contributed by atoms with Crippen LogP contribution in [0.5, 0.6) is 5.75 Å². The molecule has 1 aromatic rings. The first-order valence-corrected chi connectivity index (χ1v) is 8.42. The van der Waals surface area contributed by atoms with Gasteiger partial charge in [-0.05, 0) is 24.6 Å². The van der Waals surface area contributed by atoms with Crippen molar-refractivity contribution in [1.82, 2.24) is 0 Å². The van der Waals surface area contributed by atoms with Crippen molar-refractivity contribution in [1.29, 1.82) is 0 Å². The number of ether oxygens (including phenoxy) is 4. The van der Waals surface area contributed by atoms with E-state index in [1.807, 2.05) is 30.0 Å². The van der Waals surface area contributed by atoms with Crippen molar-refractivity contribution in [3.63, 3.8) is 0 Å². The van der Waals surface area contributed by atoms with Gasteiger partial charge in [0.2, 0.25) is 0 Å². The Labute approximate surface area is 148 Å². The van der Waals surface area contributed by atoms with Crippen molar-refractivity contribution in [2.24, 2.45) is 0 Å². The van der Waals surface area contributed by atoms with Gasteiger partial charge in [-0.2, -0.15) is 4.89 Å². The summed E-state index contributed by atoms with van der Waals surface area (Å²) in [5, 5.41) is 0. The van der Waals surface area contributed by atoms with Gasteiger partial charge in [-0.25, -0.2) is 0 Å². The Bertz CT molecular complexity index is 510. The second-order valence-corrected chi connectivity index (χ2v) is 5.43. The van der Waals surface area contributed by atoms with Crippen LogP contribution in [0.25, 0.3) is 0 Å². The molecule has 7 heteroatoms. The molecule has 1 aliphatic heterocycles. The number of nitrogens with zero attached hydrogens (tertiary/aromatic N) is 1. The zero-order valence-corrected chi connectivity index (χ0v) is 14.8. The Kier molecular flexibility index (Phi) is 9.14. The lowest BCUT2D eigenvalue weighted by atomic mass is 10.2. The molecule has 7 nitrogen and oxygen atoms in total. The Morgan fingerprint density at radius 2 is 1.72 bits per heavy atom. The molecule has 0 unspecified atom stereocenters. The maximum Gasteiger partial charge on any atom is 0.166 e. The van der Waals surface area contributed by atoms with E-state index in [-0.39, 0.29) is 6.73 Å². The number of hydrogen-bond donors (Lipinski definition) is 0. The highest BCUT2D eigenvalue weighted by atomic mass is 17.2. The summed E-state index contributed by atoms with van der Waals surface area (Å²) in [5.41, 5.74) is 2.03. The van der Waals surface area contributed by atoms with Crippen LogP contribution in [0, 0.1) is 6.92 Å². The van der Waals surface area contributed by atoms with Crippen molar-refractivity contribution in [2.75, 3.05) is 64.4 Å². The standard InChI is InChI=1S/C18H27NO6/c1-3-24-25-15-19-6-7-20-8-9-21-10-11-22-12-13-23-18-14-16(2)4-5-17(18)19/h3-5,14H,1,6-13,15H2,2H3. The van der Waals surface area contributed by atoms with Gasteiger partial charge in [0.05, 0.1) is 45.3 Å². The van der Waals surface area contributed by atoms with E-state index in [4.69, 9.17) is 28.7 Å². The zero-order valence-electron chi connectivity index (χ0n) is 14.8. The van der Waals surface area contributed by atoms with Crippen LogP contribution in [-0.4, -0.2) is 59.5 Å². The van der Waals surface area contributed by atoms with Gasteiger partial charge >= 0.3 is 0 Å². The number of aryl methyl sites for hydroxylation is 1. The second-order valence-electron chi connectivity index (χ2n) is 5.43. The molecule has 0 saturated carbocycles. The fourth-order valence-electron chi connectivity index (χ4n) is 2.32. The van der Waals surface area contributed by atoms with Crippen LogP contribution in [0.1, 0.15) is 5.56 Å². The number of benzene rings is 1. The van der Waals surface area contributed by atoms with Gasteiger partial charge in [-0.15, -0.1) is 0 Å². The predicted molar refractivity (Wildman–Crippen MR) is 93.7 cm³/mol. The zero-order chi connectivity index (χ0) is 17.7. The van der Waals surface area contributed by atoms with Crippen molar-refractivity contribution >= 4 is 5.69 Å². The van der Waals surface area contributed by atoms with Gasteiger partial charge < -0.3 is 28.7 Å². The molecule has 0 bridgehead atoms. The summed E-state index contributed by atoms with van der Waals surface area (Å²) < 4.78 is 22.5. The Hall–Kier alpha value is -1.80. The Morgan fingerprint density at radius 1 is 1.04 bits per heavy atom. The normalized spacial score (nSPS) is 17.6. The lowest BCUT2D eigenvalue weighted by Crippen LogP contribution is -2.30. The largest absolute Gasteiger partial charge is 0.489 e. The fraction of sp³-hybridized carbons (Fsp3) is 0.556. The van der Waals surface area contributed by atoms with Crippen molar-refractivity contribution < 1.29 is 28.7 Å². The highest BCUT2D eigenvalue weighted by Crippen LogP contribution is 2.29. The molecule has 0 fully saturated rings. The van der Waals surface area contributed by atoms with Crippen LogP contribution in [0.3, 0.4) is 0 Å². The van der Waals surface area contributed by atoms with Gasteiger partial charge in [0.15, 0.2) is 6.73 Å². The van der Waals surface area contributed by atoms with Crippen LogP contribution >= 0.6 is 0 Å². The van der Waals surface area contributed by atoms with Crippen molar-refractivity contribution in [3.8, 4) is 5.75 Å². The highest BCUT2D eigenvalue weighted by Gasteiger charge is 2.14. The summed E-state index contributed by atoms with van der Waals surface area (Å²) in [6, 6.07) is 6.03. The van der Waals surface area contributed by atoms with E-state index in [1.54, 1.807) is 0 Å². The summed E-state index contributed by atoms with van der Waals surface area (Å²) in [4.78, 5) is 11.9. The third kappa shape index (κ3) is 7.31. The van der Waals surface area contributed by atoms with E-state index >= 15 is 0 Å². The molecule has 1 heterocycles. The van der Waals surface area contributed by atoms with E-state index < -0.39 is 0 Å². The van der Waals surface area contributed by atoms with Gasteiger partial charge in [-0.3, -0.25) is 0 Å². The molecule has 1 aliphatic rings. The number of anilines is 1. The number of rotatable bonds is 4. The maximum absolute atomic E-state index is 5.92. The van der Waals surface area contributed by atoms with Gasteiger partial charge in [0.1, 0.15) is 18.6 Å². The van der Waals surface area contributed by atoms with Crippen molar-refractivity contribution in [2.45, 2.75) is 6.92 Å². The van der Waals surface area contributed by atoms with Crippen LogP contribution in [-0.2, 0) is 24.0 Å². The monoisotopic (exact) mass is 353 g/mol. The molecule has 0 aliphatic carbocycles. The van der Waals surface area contributed by atoms with E-state index in [1.165, 1.54) is 6.26 Å². The Balaban J connectivity index is 2.10. The first kappa shape index (κ1) is 19.5. The smallest absolute Gasteiger partial charge is 0.166 e. The molecule has 0 spiro atoms. The number of fused-ring (bicyclic) bond motifs is 1. The summed E-state index contributed by atoms with van der Waals surface area (Å²) in [6.07, 6.45) is 1.24. The molecule has 1 aromatic carbocycles. The first-order valence-electron chi connectivity index (χ1n) is 8.42. The average molecular weight is 353 g/mol. The first-order chi connectivity index (χ1) is 12.3. The highest BCUT2D eigenvalue weighted by molar-refractivity contribution is 5.59. The van der Waals surface area contributed by atoms with E-state index in [9.17, 15) is 0 Å². The third-order valence-corrected chi connectivity index (χ3v) is 3.54. The van der Waals surface area contributed by atoms with Gasteiger partial charge in [0, 0.05) is 6.54 Å². The minimum atomic E-state index is 0.224. The quantitative estimate of drug-likeness (QED) is 0.356. The topological polar surface area (TPSA) is 58.6 Å². The molecule has 0 atom stereocenters. The second kappa shape index (κ2) is 11.7. The third-order valence-electron chi connectivity index (χ3n) is 3.54. The predicted octanol–water partition coefficient (Wildman–Crippen LogP) is 2.29. The molecule has 0 aromatic heterocycles. The van der Waals surface area contributed by atoms with E-state index in [0.717, 1.165) is 17.0 Å². The molecule has 0 N–H and O–H groups in total. The molecular formula is C18H27NO6. The molecule has 25 heavy (non-hydrogen) atoms. The summed E-state index contributed by atoms with van der Waals surface area (Å²) in [7, 11) is 0. The fourth-order valence-corrected chi connectivity index (χ4v) is 2.32. The molecule has 140 valence electrons. The van der Waals surface area contributed by atoms with Crippen LogP contribution in [0.15, 0.2) is 31.0 Å². The molecule has 2 rings (SSSR count). The lowest BCUT2D eigenvalue weighted by Gasteiger charge is -2.26. The maximum atomic E-state index is 5.92. The summed E-state index contributed by atoms with van der Waals surface area (Å²) in [5.74, 6) is 0.775. The number of hydrogen-bond acceptors (Lipinski definition) is 7. The Morgan fingerprint density at radius 3 is 2.44 bits per heavy atom. The lowest BCUT2D eigenvalue weighted by molar-refractivity contribution is -0.247. The molecule has 0 amide bonds. The minimum Gasteiger partial charge on any atom is -0.489 e. The molecule has 0 saturated heterocycles. The summed E-state index contributed by atoms with van der Waals surface area (Å²) >= 11 is 0. The summed E-state index contributed by atoms with van der Waals surface area (Å²) in [6.45, 7) is 10.0.